The van der Waals surface area contributed by atoms with Gasteiger partial charge in [-0.25, -0.2) is 4.39 Å². The van der Waals surface area contributed by atoms with Crippen LogP contribution in [0.2, 0.25) is 5.02 Å². The van der Waals surface area contributed by atoms with Crippen molar-refractivity contribution in [1.82, 2.24) is 4.90 Å². The third kappa shape index (κ3) is 5.79. The number of anilines is 1. The van der Waals surface area contributed by atoms with Gasteiger partial charge >= 0.3 is 0 Å². The fourth-order valence-corrected chi connectivity index (χ4v) is 3.75. The van der Waals surface area contributed by atoms with E-state index in [2.05, 4.69) is 5.32 Å². The van der Waals surface area contributed by atoms with Crippen molar-refractivity contribution >= 4 is 40.4 Å². The van der Waals surface area contributed by atoms with E-state index in [0.717, 1.165) is 0 Å². The van der Waals surface area contributed by atoms with Crippen LogP contribution < -0.4 is 19.5 Å². The van der Waals surface area contributed by atoms with Crippen molar-refractivity contribution in [3.8, 4) is 17.2 Å². The van der Waals surface area contributed by atoms with Crippen LogP contribution in [0.3, 0.4) is 0 Å². The molecule has 1 fully saturated rings. The number of benzene rings is 2. The van der Waals surface area contributed by atoms with E-state index in [0.29, 0.717) is 52.8 Å². The highest BCUT2D eigenvalue weighted by molar-refractivity contribution is 7.80. The molecule has 1 aliphatic heterocycles. The summed E-state index contributed by atoms with van der Waals surface area (Å²) in [6.07, 6.45) is -0.296. The molecule has 1 heterocycles. The van der Waals surface area contributed by atoms with Crippen molar-refractivity contribution in [2.24, 2.45) is 0 Å². The molecule has 0 aromatic heterocycles. The topological polar surface area (TPSA) is 69.3 Å². The lowest BCUT2D eigenvalue weighted by atomic mass is 10.1. The first-order chi connectivity index (χ1) is 15.3. The maximum Gasteiger partial charge on any atom is 0.173 e. The monoisotopic (exact) mass is 482 g/mol. The van der Waals surface area contributed by atoms with E-state index in [1.165, 1.54) is 32.2 Å². The van der Waals surface area contributed by atoms with Crippen molar-refractivity contribution < 1.29 is 28.1 Å². The standard InChI is InChI=1S/C22H24ClFN2O5S/c1-13(27)16-8-14(24)4-5-19(16)31-12-15-11-26(6-7-30-15)22(32)25-18-10-20(28-2)17(23)9-21(18)29-3/h4-5,8-10,15H,6-7,11-12H2,1-3H3,(H,25,32). The van der Waals surface area contributed by atoms with E-state index in [-0.39, 0.29) is 24.1 Å². The Bertz CT molecular complexity index is 1010. The molecule has 0 aliphatic carbocycles. The molecule has 1 N–H and O–H groups in total. The van der Waals surface area contributed by atoms with E-state index in [1.54, 1.807) is 19.2 Å². The molecule has 2 aromatic carbocycles. The number of carbonyl (C=O) groups excluding carboxylic acids is 1. The number of ketones is 1. The van der Waals surface area contributed by atoms with Crippen LogP contribution >= 0.6 is 23.8 Å². The van der Waals surface area contributed by atoms with Crippen LogP contribution in [0.5, 0.6) is 17.2 Å². The predicted molar refractivity (Wildman–Crippen MR) is 124 cm³/mol. The molecule has 7 nitrogen and oxygen atoms in total. The van der Waals surface area contributed by atoms with Crippen LogP contribution in [0.25, 0.3) is 0 Å². The number of thiocarbonyl (C=S) groups is 1. The van der Waals surface area contributed by atoms with E-state index in [4.69, 9.17) is 42.8 Å². The molecular weight excluding hydrogens is 459 g/mol. The van der Waals surface area contributed by atoms with Gasteiger partial charge in [-0.1, -0.05) is 11.6 Å². The van der Waals surface area contributed by atoms with Gasteiger partial charge in [-0.15, -0.1) is 0 Å². The average molecular weight is 483 g/mol. The molecule has 1 aliphatic rings. The first kappa shape index (κ1) is 24.0. The molecule has 0 radical (unpaired) electrons. The summed E-state index contributed by atoms with van der Waals surface area (Å²) in [7, 11) is 3.07. The molecule has 1 saturated heterocycles. The van der Waals surface area contributed by atoms with Gasteiger partial charge in [0.2, 0.25) is 0 Å². The summed E-state index contributed by atoms with van der Waals surface area (Å²) in [6, 6.07) is 7.23. The number of halogens is 2. The van der Waals surface area contributed by atoms with E-state index >= 15 is 0 Å². The van der Waals surface area contributed by atoms with E-state index in [9.17, 15) is 9.18 Å². The molecule has 1 atom stereocenters. The van der Waals surface area contributed by atoms with Crippen LogP contribution in [-0.2, 0) is 4.74 Å². The quantitative estimate of drug-likeness (QED) is 0.465. The van der Waals surface area contributed by atoms with Gasteiger partial charge in [-0.05, 0) is 37.3 Å². The molecule has 2 aromatic rings. The number of nitrogens with zero attached hydrogens (tertiary/aromatic N) is 1. The minimum Gasteiger partial charge on any atom is -0.495 e. The van der Waals surface area contributed by atoms with Gasteiger partial charge in [0, 0.05) is 25.2 Å². The summed E-state index contributed by atoms with van der Waals surface area (Å²) in [4.78, 5) is 13.7. The Hall–Kier alpha value is -2.62. The van der Waals surface area contributed by atoms with Crippen LogP contribution in [-0.4, -0.2) is 62.4 Å². The smallest absolute Gasteiger partial charge is 0.173 e. The van der Waals surface area contributed by atoms with Crippen LogP contribution in [0.1, 0.15) is 17.3 Å². The van der Waals surface area contributed by atoms with Crippen molar-refractivity contribution in [2.45, 2.75) is 13.0 Å². The number of Topliss-reactive ketones (excluding diaryl/α,β-unsaturated/α-hetero) is 1. The summed E-state index contributed by atoms with van der Waals surface area (Å²) in [5.41, 5.74) is 0.814. The highest BCUT2D eigenvalue weighted by Gasteiger charge is 2.24. The summed E-state index contributed by atoms with van der Waals surface area (Å²) in [5, 5.41) is 4.07. The van der Waals surface area contributed by atoms with Crippen molar-refractivity contribution in [3.63, 3.8) is 0 Å². The fraction of sp³-hybridized carbons (Fsp3) is 0.364. The van der Waals surface area contributed by atoms with Gasteiger partial charge in [0.25, 0.3) is 0 Å². The maximum atomic E-state index is 13.5. The zero-order valence-electron chi connectivity index (χ0n) is 17.9. The van der Waals surface area contributed by atoms with Gasteiger partial charge < -0.3 is 29.2 Å². The Morgan fingerprint density at radius 1 is 1.25 bits per heavy atom. The highest BCUT2D eigenvalue weighted by Crippen LogP contribution is 2.36. The number of rotatable bonds is 7. The predicted octanol–water partition coefficient (Wildman–Crippen LogP) is 4.18. The lowest BCUT2D eigenvalue weighted by Crippen LogP contribution is -2.49. The molecule has 0 amide bonds. The van der Waals surface area contributed by atoms with Gasteiger partial charge in [-0.3, -0.25) is 4.79 Å². The molecule has 0 bridgehead atoms. The SMILES string of the molecule is COc1cc(NC(=S)N2CCOC(COc3ccc(F)cc3C(C)=O)C2)c(OC)cc1Cl. The Morgan fingerprint density at radius 2 is 2.00 bits per heavy atom. The molecular formula is C22H24ClFN2O5S. The number of hydrogen-bond donors (Lipinski definition) is 1. The lowest BCUT2D eigenvalue weighted by Gasteiger charge is -2.34. The molecule has 32 heavy (non-hydrogen) atoms. The molecule has 0 saturated carbocycles. The summed E-state index contributed by atoms with van der Waals surface area (Å²) in [6.45, 7) is 3.05. The van der Waals surface area contributed by atoms with Gasteiger partial charge in [0.05, 0.1) is 37.1 Å². The minimum atomic E-state index is -0.492. The molecule has 1 unspecified atom stereocenters. The Kier molecular flexibility index (Phi) is 8.11. The summed E-state index contributed by atoms with van der Waals surface area (Å²) in [5.74, 6) is 0.570. The Labute approximate surface area is 196 Å². The van der Waals surface area contributed by atoms with Crippen molar-refractivity contribution in [3.05, 3.63) is 46.7 Å². The Morgan fingerprint density at radius 3 is 2.69 bits per heavy atom. The zero-order chi connectivity index (χ0) is 23.3. The largest absolute Gasteiger partial charge is 0.495 e. The number of ether oxygens (including phenoxy) is 4. The maximum absolute atomic E-state index is 13.5. The number of methoxy groups -OCH3 is 2. The fourth-order valence-electron chi connectivity index (χ4n) is 3.24. The summed E-state index contributed by atoms with van der Waals surface area (Å²) < 4.78 is 35.7. The van der Waals surface area contributed by atoms with Gasteiger partial charge in [0.1, 0.15) is 35.8 Å². The summed E-state index contributed by atoms with van der Waals surface area (Å²) >= 11 is 11.7. The van der Waals surface area contributed by atoms with E-state index in [1.807, 2.05) is 4.90 Å². The van der Waals surface area contributed by atoms with Gasteiger partial charge in [-0.2, -0.15) is 0 Å². The normalized spacial score (nSPS) is 15.8. The van der Waals surface area contributed by atoms with Gasteiger partial charge in [0.15, 0.2) is 10.9 Å². The third-order valence-electron chi connectivity index (χ3n) is 4.89. The molecule has 3 rings (SSSR count). The van der Waals surface area contributed by atoms with Crippen molar-refractivity contribution in [2.75, 3.05) is 45.8 Å². The molecule has 0 spiro atoms. The Balaban J connectivity index is 1.64. The average Bonchev–Trinajstić information content (AvgIpc) is 2.79. The number of morpholine rings is 1. The van der Waals surface area contributed by atoms with Crippen molar-refractivity contribution in [1.29, 1.82) is 0 Å². The number of nitrogens with one attached hydrogen (secondary N) is 1. The third-order valence-corrected chi connectivity index (χ3v) is 5.54. The second-order valence-corrected chi connectivity index (χ2v) is 7.86. The second kappa shape index (κ2) is 10.8. The zero-order valence-corrected chi connectivity index (χ0v) is 19.5. The lowest BCUT2D eigenvalue weighted by molar-refractivity contribution is -0.0281. The first-order valence-corrected chi connectivity index (χ1v) is 10.6. The number of carbonyl (C=O) groups is 1. The molecule has 10 heteroatoms. The van der Waals surface area contributed by atoms with Crippen LogP contribution in [0.4, 0.5) is 10.1 Å². The van der Waals surface area contributed by atoms with Crippen LogP contribution in [0.15, 0.2) is 30.3 Å². The number of hydrogen-bond acceptors (Lipinski definition) is 6. The first-order valence-electron chi connectivity index (χ1n) is 9.84. The molecule has 172 valence electrons. The highest BCUT2D eigenvalue weighted by atomic mass is 35.5. The minimum absolute atomic E-state index is 0.184. The second-order valence-electron chi connectivity index (χ2n) is 7.06. The van der Waals surface area contributed by atoms with E-state index < -0.39 is 5.82 Å². The van der Waals surface area contributed by atoms with Crippen LogP contribution in [0, 0.1) is 5.82 Å².